The number of anilines is 4. The smallest absolute Gasteiger partial charge is 0.416 e. The first-order valence-corrected chi connectivity index (χ1v) is 43.3. The maximum Gasteiger partial charge on any atom is 0.416 e. The molecule has 2 fully saturated rings. The average molecular weight is 1880 g/mol. The van der Waals surface area contributed by atoms with Crippen molar-refractivity contribution in [3.05, 3.63) is 122 Å². The minimum atomic E-state index is -1.59. The number of carbonyl (C=O) groups is 13. The van der Waals surface area contributed by atoms with Crippen molar-refractivity contribution in [1.29, 1.82) is 0 Å². The van der Waals surface area contributed by atoms with Crippen LogP contribution < -0.4 is 61.6 Å². The minimum Gasteiger partial charge on any atom is -0.493 e. The zero-order valence-corrected chi connectivity index (χ0v) is 73.8. The minimum absolute atomic E-state index is 0.00679. The monoisotopic (exact) mass is 1870 g/mol. The number of hydrogen-bond acceptors (Lipinski definition) is 25. The summed E-state index contributed by atoms with van der Waals surface area (Å²) in [7, 11) is 1.41. The highest BCUT2D eigenvalue weighted by Crippen LogP contribution is 2.42. The van der Waals surface area contributed by atoms with Crippen LogP contribution in [0, 0.1) is 12.8 Å². The highest BCUT2D eigenvalue weighted by molar-refractivity contribution is 9.14. The Morgan fingerprint density at radius 3 is 1.78 bits per heavy atom. The van der Waals surface area contributed by atoms with Gasteiger partial charge in [-0.2, -0.15) is 0 Å². The largest absolute Gasteiger partial charge is 0.493 e. The van der Waals surface area contributed by atoms with Crippen molar-refractivity contribution in [1.82, 2.24) is 31.1 Å². The van der Waals surface area contributed by atoms with Crippen LogP contribution in [-0.4, -0.2) is 266 Å². The van der Waals surface area contributed by atoms with Gasteiger partial charge in [0.1, 0.15) is 35.5 Å². The fourth-order valence-corrected chi connectivity index (χ4v) is 14.9. The normalized spacial score (nSPS) is 23.7. The van der Waals surface area contributed by atoms with Gasteiger partial charge in [-0.1, -0.05) is 43.3 Å². The molecule has 4 aromatic carbocycles. The number of aryl methyl sites for hydroxylation is 1. The number of halogens is 2. The number of unbranched alkanes of at least 4 members (excludes halogenated alkanes) is 1. The molecule has 0 aromatic heterocycles. The van der Waals surface area contributed by atoms with E-state index in [-0.39, 0.29) is 248 Å². The van der Waals surface area contributed by atoms with Crippen molar-refractivity contribution in [2.24, 2.45) is 5.92 Å². The number of carboxylic acids is 1. The second-order valence-corrected chi connectivity index (χ2v) is 32.0. The number of allylic oxidation sites excluding steroid dienone is 1. The van der Waals surface area contributed by atoms with Crippen LogP contribution in [0.15, 0.2) is 93.9 Å². The summed E-state index contributed by atoms with van der Waals surface area (Å²) in [6, 6.07) is 13.8. The van der Waals surface area contributed by atoms with Gasteiger partial charge in [-0.3, -0.25) is 57.6 Å². The molecule has 7 aliphatic rings. The van der Waals surface area contributed by atoms with Gasteiger partial charge in [0, 0.05) is 94.3 Å². The lowest BCUT2D eigenvalue weighted by Crippen LogP contribution is -2.53. The number of fused-ring (bicyclic) bond motifs is 4. The van der Waals surface area contributed by atoms with E-state index in [0.29, 0.717) is 73.1 Å². The third kappa shape index (κ3) is 29.6. The summed E-state index contributed by atoms with van der Waals surface area (Å²) < 4.78 is 63.6. The molecular weight excluding hydrogens is 1760 g/mol. The number of carbonyl (C=O) groups excluding carboxylic acids is 12. The molecule has 0 radical (unpaired) electrons. The number of quaternary nitrogens is 1. The summed E-state index contributed by atoms with van der Waals surface area (Å²) in [6.07, 6.45) is -1.09. The second kappa shape index (κ2) is 50.0. The Kier molecular flexibility index (Phi) is 39.3. The van der Waals surface area contributed by atoms with Gasteiger partial charge < -0.3 is 110 Å². The van der Waals surface area contributed by atoms with E-state index in [9.17, 15) is 72.5 Å². The predicted molar refractivity (Wildman–Crippen MR) is 459 cm³/mol. The van der Waals surface area contributed by atoms with Crippen LogP contribution in [0.2, 0.25) is 0 Å². The first kappa shape index (κ1) is 98.3. The van der Waals surface area contributed by atoms with Crippen molar-refractivity contribution in [3.8, 4) is 17.2 Å². The number of benzene rings is 4. The Bertz CT molecular complexity index is 4500. The number of aliphatic carboxylic acids is 1. The van der Waals surface area contributed by atoms with Crippen molar-refractivity contribution in [2.45, 2.75) is 154 Å². The fourth-order valence-electron chi connectivity index (χ4n) is 14.1. The summed E-state index contributed by atoms with van der Waals surface area (Å²) >= 11 is 6.39. The fraction of sp³-hybridized carbons (Fsp3) is 0.523. The highest BCUT2D eigenvalue weighted by Gasteiger charge is 2.47. The Labute approximate surface area is 740 Å². The Balaban J connectivity index is 0.834. The number of carboxylic acid groups (broad SMARTS) is 1. The molecule has 39 heteroatoms. The SMILES string of the molecule is C=C1C[C@H]2C(O)N3C(=O)OCc4ccc(cc4)NC(=O)[C@H](C)CC(=O)[C@H](C)NC(=O)CCOCCOCCOCCCC(=O)/C(Br)=C(/Br)C(=O)NCCOCCOCCOCCC(=O)N[C@@H](CCCC[NH3+])C(=O)N[C@@H](CC(=O)O)C(=O)Nc4ccc(cc4)COC(=O)N4C[C@@H]5CCCN5C(=O)c5cc(OC)c(cc54)OCCCOc4cc3c(cc4C)C(=O)N2C1. The molecule has 1 unspecified atom stereocenters. The quantitative estimate of drug-likeness (QED) is 0.0750. The number of rotatable bonds is 7. The van der Waals surface area contributed by atoms with E-state index in [1.807, 2.05) is 0 Å². The number of aliphatic hydroxyl groups excluding tert-OH is 1. The van der Waals surface area contributed by atoms with Crippen LogP contribution >= 0.6 is 31.9 Å². The third-order valence-corrected chi connectivity index (χ3v) is 23.1. The number of amides is 10. The van der Waals surface area contributed by atoms with Crippen molar-refractivity contribution >= 4 is 132 Å². The summed E-state index contributed by atoms with van der Waals surface area (Å²) in [5, 5.41) is 37.9. The molecule has 125 heavy (non-hydrogen) atoms. The maximum atomic E-state index is 14.4. The zero-order valence-electron chi connectivity index (χ0n) is 70.7. The number of Topliss-reactive ketones (excluding diaryl/α,β-unsaturated/α-hetero) is 2. The van der Waals surface area contributed by atoms with E-state index in [1.165, 1.54) is 54.2 Å². The van der Waals surface area contributed by atoms with Crippen LogP contribution in [-0.2, 0) is 94.3 Å². The van der Waals surface area contributed by atoms with Gasteiger partial charge in [0.05, 0.1) is 151 Å². The molecule has 10 amide bonds. The van der Waals surface area contributed by atoms with Crippen LogP contribution in [0.4, 0.5) is 32.3 Å². The third-order valence-electron chi connectivity index (χ3n) is 20.9. The van der Waals surface area contributed by atoms with E-state index < -0.39 is 102 Å². The lowest BCUT2D eigenvalue weighted by molar-refractivity contribution is -0.368. The van der Waals surface area contributed by atoms with Gasteiger partial charge >= 0.3 is 18.2 Å². The molecule has 0 aliphatic carbocycles. The number of nitrogens with one attached hydrogen (secondary N) is 6. The summed E-state index contributed by atoms with van der Waals surface area (Å²) in [6.45, 7) is 11.6. The predicted octanol–water partition coefficient (Wildman–Crippen LogP) is 6.05. The number of methoxy groups -OCH3 is 1. The Hall–Kier alpha value is -10.5. The molecule has 0 saturated carbocycles. The van der Waals surface area contributed by atoms with Gasteiger partial charge in [0.25, 0.3) is 17.7 Å². The van der Waals surface area contributed by atoms with Crippen LogP contribution in [0.25, 0.3) is 0 Å². The van der Waals surface area contributed by atoms with Gasteiger partial charge in [0.15, 0.2) is 29.3 Å². The number of aliphatic hydroxyl groups is 1. The highest BCUT2D eigenvalue weighted by atomic mass is 79.9. The molecule has 8 bridgehead atoms. The standard InChI is InChI=1S/C86H111Br2N11O26/c1-52-41-67-84(112)99-66-47-70(53(2)42-61(66)83(111)97(67)48-52)122-28-10-29-123-72-46-65-62(44-71(72)115-5)82(110)96-26-8-11-60(96)49-98(65)85(113)124-50-56-16-20-59(21-17-56)93-80(108)64(45-75(104)105)95-79(107)63(12-6-7-24-89)94-74(103)23-31-118-35-39-121-40-36-119-32-25-90-81(109)77(88)76(87)68(100)13-9-27-116-33-37-120-38-34-117-30-22-73(102)91-55(4)69(101)43-54(3)78(106)92-58-18-14-57(15-19-58)51-125-86(99)114/h14-21,42,44,46-47,54-55,60,63-64,67,84,112H,1,6-13,22-41,43,45,48-51,89H2,2-5H3,(H,90,109)(H,91,102)(H,92,106)(H,93,108)(H,94,103)(H,95,107)(H,104,105)/p+1/b77-76-/t54-,55+,60+,63+,64+,67+,84?/m1/s1. The molecule has 2 saturated heterocycles. The van der Waals surface area contributed by atoms with Crippen molar-refractivity contribution in [3.63, 3.8) is 0 Å². The second-order valence-electron chi connectivity index (χ2n) is 30.4. The lowest BCUT2D eigenvalue weighted by atomic mass is 10.00. The van der Waals surface area contributed by atoms with E-state index >= 15 is 0 Å². The molecule has 11 rings (SSSR count). The topological polar surface area (TPSA) is 477 Å². The first-order valence-electron chi connectivity index (χ1n) is 41.7. The molecule has 11 N–H and O–H groups in total. The van der Waals surface area contributed by atoms with Crippen molar-refractivity contribution < 1.29 is 130 Å². The maximum absolute atomic E-state index is 14.4. The van der Waals surface area contributed by atoms with Gasteiger partial charge in [-0.25, -0.2) is 14.5 Å². The van der Waals surface area contributed by atoms with Crippen LogP contribution in [0.3, 0.4) is 0 Å². The van der Waals surface area contributed by atoms with E-state index in [2.05, 4.69) is 76.1 Å². The average Bonchev–Trinajstić information content (AvgIpc) is 1.61. The van der Waals surface area contributed by atoms with Crippen LogP contribution in [0.1, 0.15) is 135 Å². The molecule has 4 aromatic rings. The van der Waals surface area contributed by atoms with Gasteiger partial charge in [0.2, 0.25) is 29.5 Å². The molecule has 0 spiro atoms. The number of ether oxygens (including phenoxy) is 11. The summed E-state index contributed by atoms with van der Waals surface area (Å²) in [5.41, 5.74) is 7.11. The number of nitrogens with zero attached hydrogens (tertiary/aromatic N) is 4. The zero-order chi connectivity index (χ0) is 90.1. The number of hydrogen-bond donors (Lipinski definition) is 9. The molecule has 37 nitrogen and oxygen atoms in total. The van der Waals surface area contributed by atoms with E-state index in [4.69, 9.17) is 52.1 Å². The molecule has 7 heterocycles. The first-order chi connectivity index (χ1) is 60.1. The lowest BCUT2D eigenvalue weighted by Gasteiger charge is -2.31. The Morgan fingerprint density at radius 1 is 0.592 bits per heavy atom. The Morgan fingerprint density at radius 2 is 1.16 bits per heavy atom. The number of ketones is 2. The molecule has 7 atom stereocenters. The molecule has 680 valence electrons. The summed E-state index contributed by atoms with van der Waals surface area (Å²) in [5.74, 6) is -6.63. The molecule has 7 aliphatic heterocycles. The van der Waals surface area contributed by atoms with E-state index in [0.717, 1.165) is 4.90 Å². The molecular formula is C86H112Br2N11O26+. The summed E-state index contributed by atoms with van der Waals surface area (Å²) in [4.78, 5) is 181. The van der Waals surface area contributed by atoms with E-state index in [1.54, 1.807) is 61.2 Å². The van der Waals surface area contributed by atoms with Crippen LogP contribution in [0.5, 0.6) is 17.2 Å². The van der Waals surface area contributed by atoms with Gasteiger partial charge in [-0.05, 0) is 144 Å². The van der Waals surface area contributed by atoms with Gasteiger partial charge in [-0.15, -0.1) is 0 Å². The van der Waals surface area contributed by atoms with Crippen molar-refractivity contribution in [2.75, 3.05) is 153 Å².